The zero-order valence-corrected chi connectivity index (χ0v) is 10.2. The molecule has 0 atom stereocenters. The van der Waals surface area contributed by atoms with E-state index in [4.69, 9.17) is 18.0 Å². The molecule has 0 aliphatic rings. The van der Waals surface area contributed by atoms with E-state index in [1.807, 2.05) is 54.6 Å². The Labute approximate surface area is 106 Å². The van der Waals surface area contributed by atoms with Crippen LogP contribution in [0.2, 0.25) is 0 Å². The lowest BCUT2D eigenvalue weighted by Gasteiger charge is -2.09. The highest BCUT2D eigenvalue weighted by Crippen LogP contribution is 2.10. The van der Waals surface area contributed by atoms with Crippen molar-refractivity contribution in [2.24, 2.45) is 0 Å². The van der Waals surface area contributed by atoms with Gasteiger partial charge in [0.05, 0.1) is 0 Å². The molecule has 0 saturated heterocycles. The summed E-state index contributed by atoms with van der Waals surface area (Å²) in [5.74, 6) is 0. The number of rotatable bonds is 3. The maximum atomic E-state index is 5.86. The minimum Gasteiger partial charge on any atom is -0.398 e. The molecule has 0 heterocycles. The van der Waals surface area contributed by atoms with E-state index in [0.717, 1.165) is 21.8 Å². The molecule has 0 aromatic heterocycles. The van der Waals surface area contributed by atoms with Gasteiger partial charge in [-0.2, -0.15) is 0 Å². The third-order valence-corrected chi connectivity index (χ3v) is 2.91. The molecule has 2 rings (SSSR count). The fourth-order valence-electron chi connectivity index (χ4n) is 1.56. The summed E-state index contributed by atoms with van der Waals surface area (Å²) in [6, 6.07) is 17.7. The van der Waals surface area contributed by atoms with Crippen molar-refractivity contribution in [2.45, 2.75) is 6.54 Å². The second-order valence-electron chi connectivity index (χ2n) is 3.75. The number of benzene rings is 2. The Balaban J connectivity index is 2.00. The smallest absolute Gasteiger partial charge is 0.106 e. The van der Waals surface area contributed by atoms with Crippen LogP contribution in [0.15, 0.2) is 54.6 Å². The number of hydrogen-bond acceptors (Lipinski definition) is 2. The van der Waals surface area contributed by atoms with Gasteiger partial charge in [-0.3, -0.25) is 0 Å². The molecule has 0 unspecified atom stereocenters. The Morgan fingerprint density at radius 3 is 2.35 bits per heavy atom. The second kappa shape index (κ2) is 5.46. The normalized spacial score (nSPS) is 9.88. The lowest BCUT2D eigenvalue weighted by Crippen LogP contribution is -2.22. The van der Waals surface area contributed by atoms with E-state index in [9.17, 15) is 0 Å². The van der Waals surface area contributed by atoms with Crippen LogP contribution in [0, 0.1) is 0 Å². The molecule has 0 fully saturated rings. The third kappa shape index (κ3) is 3.04. The van der Waals surface area contributed by atoms with Crippen molar-refractivity contribution in [3.05, 3.63) is 65.7 Å². The van der Waals surface area contributed by atoms with Crippen LogP contribution in [0.1, 0.15) is 11.1 Å². The van der Waals surface area contributed by atoms with Crippen molar-refractivity contribution >= 4 is 22.9 Å². The second-order valence-corrected chi connectivity index (χ2v) is 4.16. The summed E-state index contributed by atoms with van der Waals surface area (Å²) in [6.07, 6.45) is 0. The van der Waals surface area contributed by atoms with Crippen molar-refractivity contribution in [2.75, 3.05) is 5.73 Å². The van der Waals surface area contributed by atoms with Crippen LogP contribution in [-0.4, -0.2) is 4.99 Å². The maximum absolute atomic E-state index is 5.86. The topological polar surface area (TPSA) is 38.0 Å². The van der Waals surface area contributed by atoms with E-state index in [-0.39, 0.29) is 0 Å². The first-order chi connectivity index (χ1) is 8.27. The monoisotopic (exact) mass is 242 g/mol. The number of nitrogen functional groups attached to an aromatic ring is 1. The quantitative estimate of drug-likeness (QED) is 0.642. The predicted molar refractivity (Wildman–Crippen MR) is 75.8 cm³/mol. The van der Waals surface area contributed by atoms with Gasteiger partial charge in [-0.1, -0.05) is 60.7 Å². The highest BCUT2D eigenvalue weighted by Gasteiger charge is 2.01. The van der Waals surface area contributed by atoms with Crippen molar-refractivity contribution in [1.29, 1.82) is 0 Å². The molecule has 17 heavy (non-hydrogen) atoms. The average Bonchev–Trinajstić information content (AvgIpc) is 2.38. The molecule has 0 amide bonds. The Bertz CT molecular complexity index is 509. The van der Waals surface area contributed by atoms with E-state index in [0.29, 0.717) is 6.54 Å². The van der Waals surface area contributed by atoms with Gasteiger partial charge < -0.3 is 11.1 Å². The Morgan fingerprint density at radius 1 is 1.00 bits per heavy atom. The average molecular weight is 242 g/mol. The third-order valence-electron chi connectivity index (χ3n) is 2.53. The number of para-hydroxylation sites is 1. The van der Waals surface area contributed by atoms with Gasteiger partial charge in [-0.15, -0.1) is 0 Å². The SMILES string of the molecule is Nc1ccccc1CNC(=S)c1ccccc1. The Hall–Kier alpha value is -1.87. The van der Waals surface area contributed by atoms with Crippen LogP contribution < -0.4 is 11.1 Å². The van der Waals surface area contributed by atoms with E-state index in [1.165, 1.54) is 0 Å². The first-order valence-corrected chi connectivity index (χ1v) is 5.85. The molecule has 3 N–H and O–H groups in total. The zero-order chi connectivity index (χ0) is 12.1. The van der Waals surface area contributed by atoms with Crippen LogP contribution in [0.25, 0.3) is 0 Å². The molecule has 86 valence electrons. The van der Waals surface area contributed by atoms with Gasteiger partial charge in [0.2, 0.25) is 0 Å². The van der Waals surface area contributed by atoms with Crippen molar-refractivity contribution in [3.63, 3.8) is 0 Å². The van der Waals surface area contributed by atoms with Crippen molar-refractivity contribution < 1.29 is 0 Å². The van der Waals surface area contributed by atoms with Crippen LogP contribution in [0.5, 0.6) is 0 Å². The van der Waals surface area contributed by atoms with E-state index in [1.54, 1.807) is 0 Å². The highest BCUT2D eigenvalue weighted by molar-refractivity contribution is 7.80. The number of anilines is 1. The summed E-state index contributed by atoms with van der Waals surface area (Å²) >= 11 is 5.31. The molecule has 0 bridgehead atoms. The van der Waals surface area contributed by atoms with Gasteiger partial charge in [0.1, 0.15) is 4.99 Å². The number of nitrogens with two attached hydrogens (primary N) is 1. The molecule has 0 aliphatic heterocycles. The number of thiocarbonyl (C=S) groups is 1. The van der Waals surface area contributed by atoms with Gasteiger partial charge in [0.25, 0.3) is 0 Å². The molecule has 0 saturated carbocycles. The first kappa shape index (κ1) is 11.6. The van der Waals surface area contributed by atoms with Crippen LogP contribution in [-0.2, 0) is 6.54 Å². The van der Waals surface area contributed by atoms with Crippen molar-refractivity contribution in [3.8, 4) is 0 Å². The lowest BCUT2D eigenvalue weighted by molar-refractivity contribution is 0.931. The number of nitrogens with one attached hydrogen (secondary N) is 1. The summed E-state index contributed by atoms with van der Waals surface area (Å²) in [6.45, 7) is 0.653. The molecule has 2 aromatic carbocycles. The summed E-state index contributed by atoms with van der Waals surface area (Å²) in [5.41, 5.74) is 8.74. The molecule has 0 aliphatic carbocycles. The Kier molecular flexibility index (Phi) is 3.73. The fourth-order valence-corrected chi connectivity index (χ4v) is 1.77. The molecule has 2 nitrogen and oxygen atoms in total. The van der Waals surface area contributed by atoms with Gasteiger partial charge in [0.15, 0.2) is 0 Å². The molecule has 0 radical (unpaired) electrons. The maximum Gasteiger partial charge on any atom is 0.106 e. The minimum atomic E-state index is 0.653. The first-order valence-electron chi connectivity index (χ1n) is 5.44. The standard InChI is InChI=1S/C14H14N2S/c15-13-9-5-4-8-12(13)10-16-14(17)11-6-2-1-3-7-11/h1-9H,10,15H2,(H,16,17). The lowest BCUT2D eigenvalue weighted by atomic mass is 10.1. The van der Waals surface area contributed by atoms with Crippen molar-refractivity contribution in [1.82, 2.24) is 5.32 Å². The molecule has 0 spiro atoms. The van der Waals surface area contributed by atoms with E-state index < -0.39 is 0 Å². The summed E-state index contributed by atoms with van der Waals surface area (Å²) in [5, 5.41) is 3.21. The van der Waals surface area contributed by atoms with E-state index in [2.05, 4.69) is 5.32 Å². The zero-order valence-electron chi connectivity index (χ0n) is 9.39. The molecule has 2 aromatic rings. The number of hydrogen-bond donors (Lipinski definition) is 2. The van der Waals surface area contributed by atoms with Gasteiger partial charge >= 0.3 is 0 Å². The predicted octanol–water partition coefficient (Wildman–Crippen LogP) is 2.73. The minimum absolute atomic E-state index is 0.653. The van der Waals surface area contributed by atoms with Crippen LogP contribution in [0.4, 0.5) is 5.69 Å². The largest absolute Gasteiger partial charge is 0.398 e. The van der Waals surface area contributed by atoms with Gasteiger partial charge in [-0.05, 0) is 11.6 Å². The van der Waals surface area contributed by atoms with E-state index >= 15 is 0 Å². The summed E-state index contributed by atoms with van der Waals surface area (Å²) < 4.78 is 0. The summed E-state index contributed by atoms with van der Waals surface area (Å²) in [7, 11) is 0. The Morgan fingerprint density at radius 2 is 1.65 bits per heavy atom. The van der Waals surface area contributed by atoms with Gasteiger partial charge in [0, 0.05) is 17.8 Å². The summed E-state index contributed by atoms with van der Waals surface area (Å²) in [4.78, 5) is 0.744. The fraction of sp³-hybridized carbons (Fsp3) is 0.0714. The molecular formula is C14H14N2S. The van der Waals surface area contributed by atoms with Crippen LogP contribution in [0.3, 0.4) is 0 Å². The van der Waals surface area contributed by atoms with Crippen LogP contribution >= 0.6 is 12.2 Å². The molecular weight excluding hydrogens is 228 g/mol. The molecule has 3 heteroatoms. The van der Waals surface area contributed by atoms with Gasteiger partial charge in [-0.25, -0.2) is 0 Å². The highest BCUT2D eigenvalue weighted by atomic mass is 32.1.